The summed E-state index contributed by atoms with van der Waals surface area (Å²) in [4.78, 5) is 7.68. The highest BCUT2D eigenvalue weighted by Gasteiger charge is 2.35. The molecule has 20 heavy (non-hydrogen) atoms. The van der Waals surface area contributed by atoms with E-state index in [4.69, 9.17) is 0 Å². The Hall–Kier alpha value is -2.17. The van der Waals surface area contributed by atoms with Crippen molar-refractivity contribution in [3.8, 4) is 11.1 Å². The van der Waals surface area contributed by atoms with Crippen LogP contribution in [0, 0.1) is 0 Å². The summed E-state index contributed by atoms with van der Waals surface area (Å²) in [5.41, 5.74) is 1.67. The Morgan fingerprint density at radius 1 is 1.00 bits per heavy atom. The number of hydrogen-bond donors (Lipinski definition) is 0. The fourth-order valence-electron chi connectivity index (χ4n) is 2.44. The number of alkyl halides is 3. The van der Waals surface area contributed by atoms with Crippen molar-refractivity contribution >= 4 is 6.21 Å². The zero-order chi connectivity index (χ0) is 14.2. The molecule has 1 aliphatic rings. The third kappa shape index (κ3) is 2.19. The zero-order valence-corrected chi connectivity index (χ0v) is 10.5. The predicted molar refractivity (Wildman–Crippen MR) is 70.8 cm³/mol. The van der Waals surface area contributed by atoms with Crippen molar-refractivity contribution in [2.75, 3.05) is 6.54 Å². The molecular formula is C15H11F3N2. The van der Waals surface area contributed by atoms with Gasteiger partial charge in [0.15, 0.2) is 5.69 Å². The quantitative estimate of drug-likeness (QED) is 0.779. The Labute approximate surface area is 114 Å². The summed E-state index contributed by atoms with van der Waals surface area (Å²) in [5.74, 6) is 0. The van der Waals surface area contributed by atoms with Crippen molar-refractivity contribution in [3.63, 3.8) is 0 Å². The first-order valence-electron chi connectivity index (χ1n) is 6.21. The summed E-state index contributed by atoms with van der Waals surface area (Å²) in [6.45, 7) is 0.603. The van der Waals surface area contributed by atoms with Crippen LogP contribution in [0.5, 0.6) is 0 Å². The van der Waals surface area contributed by atoms with E-state index >= 15 is 0 Å². The molecule has 1 aromatic heterocycles. The summed E-state index contributed by atoms with van der Waals surface area (Å²) in [6.07, 6.45) is -0.925. The van der Waals surface area contributed by atoms with E-state index in [9.17, 15) is 13.2 Å². The largest absolute Gasteiger partial charge is 0.433 e. The van der Waals surface area contributed by atoms with E-state index in [1.165, 1.54) is 18.3 Å². The van der Waals surface area contributed by atoms with Gasteiger partial charge >= 0.3 is 6.18 Å². The summed E-state index contributed by atoms with van der Waals surface area (Å²) in [6, 6.07) is 8.33. The molecule has 1 aromatic carbocycles. The third-order valence-corrected chi connectivity index (χ3v) is 3.30. The lowest BCUT2D eigenvalue weighted by atomic mass is 9.91. The standard InChI is InChI=1S/C15H11F3N2/c16-15(17,18)14-13(5-2-7-20-14)12-4-1-3-10-9-19-8-6-11(10)12/h1-5,7,9H,6,8H2. The lowest BCUT2D eigenvalue weighted by Gasteiger charge is -2.18. The summed E-state index contributed by atoms with van der Waals surface area (Å²) in [5, 5.41) is 0. The van der Waals surface area contributed by atoms with E-state index in [0.29, 0.717) is 18.5 Å². The van der Waals surface area contributed by atoms with Crippen LogP contribution in [-0.2, 0) is 12.6 Å². The van der Waals surface area contributed by atoms with Crippen molar-refractivity contribution in [2.24, 2.45) is 4.99 Å². The number of hydrogen-bond acceptors (Lipinski definition) is 2. The molecule has 0 aliphatic carbocycles. The van der Waals surface area contributed by atoms with E-state index in [2.05, 4.69) is 9.98 Å². The highest BCUT2D eigenvalue weighted by atomic mass is 19.4. The van der Waals surface area contributed by atoms with Crippen LogP contribution in [0.4, 0.5) is 13.2 Å². The lowest BCUT2D eigenvalue weighted by molar-refractivity contribution is -0.140. The molecule has 102 valence electrons. The van der Waals surface area contributed by atoms with Crippen molar-refractivity contribution in [2.45, 2.75) is 12.6 Å². The molecule has 0 unspecified atom stereocenters. The molecular weight excluding hydrogens is 265 g/mol. The number of fused-ring (bicyclic) bond motifs is 1. The fraction of sp³-hybridized carbons (Fsp3) is 0.200. The normalized spacial score (nSPS) is 14.2. The second kappa shape index (κ2) is 4.74. The van der Waals surface area contributed by atoms with Crippen LogP contribution in [0.2, 0.25) is 0 Å². The molecule has 0 saturated heterocycles. The van der Waals surface area contributed by atoms with Crippen LogP contribution < -0.4 is 0 Å². The number of benzene rings is 1. The molecule has 0 saturated carbocycles. The van der Waals surface area contributed by atoms with E-state index in [1.54, 1.807) is 18.3 Å². The van der Waals surface area contributed by atoms with Crippen molar-refractivity contribution in [3.05, 3.63) is 53.3 Å². The molecule has 0 atom stereocenters. The van der Waals surface area contributed by atoms with Crippen molar-refractivity contribution < 1.29 is 13.2 Å². The fourth-order valence-corrected chi connectivity index (χ4v) is 2.44. The van der Waals surface area contributed by atoms with E-state index in [-0.39, 0.29) is 5.56 Å². The Kier molecular flexibility index (Phi) is 3.04. The molecule has 1 aliphatic heterocycles. The Morgan fingerprint density at radius 3 is 2.60 bits per heavy atom. The second-order valence-corrected chi connectivity index (χ2v) is 4.56. The van der Waals surface area contributed by atoms with Gasteiger partial charge in [-0.25, -0.2) is 0 Å². The summed E-state index contributed by atoms with van der Waals surface area (Å²) in [7, 11) is 0. The molecule has 0 fully saturated rings. The minimum Gasteiger partial charge on any atom is -0.292 e. The smallest absolute Gasteiger partial charge is 0.292 e. The predicted octanol–water partition coefficient (Wildman–Crippen LogP) is 3.74. The maximum absolute atomic E-state index is 13.1. The van der Waals surface area contributed by atoms with Gasteiger partial charge in [-0.2, -0.15) is 13.2 Å². The van der Waals surface area contributed by atoms with E-state index < -0.39 is 11.9 Å². The molecule has 2 aromatic rings. The van der Waals surface area contributed by atoms with Gasteiger partial charge in [-0.3, -0.25) is 9.98 Å². The molecule has 2 nitrogen and oxygen atoms in total. The van der Waals surface area contributed by atoms with E-state index in [1.807, 2.05) is 6.07 Å². The Balaban J connectivity index is 2.23. The maximum atomic E-state index is 13.1. The van der Waals surface area contributed by atoms with Gasteiger partial charge < -0.3 is 0 Å². The van der Waals surface area contributed by atoms with Gasteiger partial charge in [0.2, 0.25) is 0 Å². The number of pyridine rings is 1. The van der Waals surface area contributed by atoms with Gasteiger partial charge in [-0.05, 0) is 29.2 Å². The molecule has 0 bridgehead atoms. The minimum atomic E-state index is -4.46. The molecule has 0 amide bonds. The topological polar surface area (TPSA) is 25.2 Å². The van der Waals surface area contributed by atoms with Crippen LogP contribution in [0.15, 0.2) is 41.5 Å². The van der Waals surface area contributed by atoms with Crippen LogP contribution in [0.1, 0.15) is 16.8 Å². The van der Waals surface area contributed by atoms with E-state index in [0.717, 1.165) is 11.1 Å². The third-order valence-electron chi connectivity index (χ3n) is 3.30. The number of halogens is 3. The average molecular weight is 276 g/mol. The van der Waals surface area contributed by atoms with Gasteiger partial charge in [0.05, 0.1) is 0 Å². The van der Waals surface area contributed by atoms with Crippen LogP contribution in [-0.4, -0.2) is 17.7 Å². The Morgan fingerprint density at radius 2 is 1.80 bits per heavy atom. The molecule has 3 rings (SSSR count). The van der Waals surface area contributed by atoms with Crippen molar-refractivity contribution in [1.82, 2.24) is 4.98 Å². The highest BCUT2D eigenvalue weighted by Crippen LogP contribution is 2.37. The molecule has 2 heterocycles. The number of rotatable bonds is 1. The van der Waals surface area contributed by atoms with Crippen LogP contribution in [0.25, 0.3) is 11.1 Å². The minimum absolute atomic E-state index is 0.132. The monoisotopic (exact) mass is 276 g/mol. The van der Waals surface area contributed by atoms with Crippen LogP contribution in [0.3, 0.4) is 0 Å². The first-order chi connectivity index (χ1) is 9.57. The van der Waals surface area contributed by atoms with Gasteiger partial charge in [0.1, 0.15) is 0 Å². The Bertz CT molecular complexity index is 675. The van der Waals surface area contributed by atoms with Gasteiger partial charge in [0, 0.05) is 24.5 Å². The number of nitrogens with zero attached hydrogens (tertiary/aromatic N) is 2. The SMILES string of the molecule is FC(F)(F)c1ncccc1-c1cccc2c1CCN=C2. The van der Waals surface area contributed by atoms with Gasteiger partial charge in [-0.15, -0.1) is 0 Å². The zero-order valence-electron chi connectivity index (χ0n) is 10.5. The number of aromatic nitrogens is 1. The molecule has 5 heteroatoms. The first kappa shape index (κ1) is 12.8. The van der Waals surface area contributed by atoms with Crippen LogP contribution >= 0.6 is 0 Å². The molecule has 0 N–H and O–H groups in total. The molecule has 0 radical (unpaired) electrons. The van der Waals surface area contributed by atoms with Gasteiger partial charge in [0.25, 0.3) is 0 Å². The van der Waals surface area contributed by atoms with Crippen molar-refractivity contribution in [1.29, 1.82) is 0 Å². The number of aliphatic imine (C=N–C) groups is 1. The first-order valence-corrected chi connectivity index (χ1v) is 6.21. The van der Waals surface area contributed by atoms with Gasteiger partial charge in [-0.1, -0.05) is 24.3 Å². The average Bonchev–Trinajstić information content (AvgIpc) is 2.46. The second-order valence-electron chi connectivity index (χ2n) is 4.56. The maximum Gasteiger partial charge on any atom is 0.433 e. The molecule has 0 spiro atoms. The lowest BCUT2D eigenvalue weighted by Crippen LogP contribution is -2.11. The highest BCUT2D eigenvalue weighted by molar-refractivity contribution is 5.87. The summed E-state index contributed by atoms with van der Waals surface area (Å²) >= 11 is 0. The summed E-state index contributed by atoms with van der Waals surface area (Å²) < 4.78 is 39.2.